The van der Waals surface area contributed by atoms with Gasteiger partial charge in [0, 0.05) is 42.2 Å². The lowest BCUT2D eigenvalue weighted by atomic mass is 9.95. The van der Waals surface area contributed by atoms with Crippen LogP contribution in [0.5, 0.6) is 0 Å². The maximum Gasteiger partial charge on any atom is 0.306 e. The number of nitrogens with zero attached hydrogens (tertiary/aromatic N) is 3. The fourth-order valence-corrected chi connectivity index (χ4v) is 4.72. The van der Waals surface area contributed by atoms with Crippen molar-refractivity contribution in [1.29, 1.82) is 5.41 Å². The normalized spacial score (nSPS) is 14.8. The average Bonchev–Trinajstić information content (AvgIpc) is 2.93. The number of benzene rings is 1. The van der Waals surface area contributed by atoms with E-state index in [0.717, 1.165) is 35.5 Å². The van der Waals surface area contributed by atoms with Crippen molar-refractivity contribution in [2.75, 3.05) is 23.3 Å². The zero-order valence-corrected chi connectivity index (χ0v) is 21.0. The molecule has 2 aromatic heterocycles. The van der Waals surface area contributed by atoms with Crippen LogP contribution in [0.25, 0.3) is 11.3 Å². The molecule has 3 aromatic rings. The molecule has 1 aliphatic heterocycles. The van der Waals surface area contributed by atoms with Gasteiger partial charge in [-0.05, 0) is 55.7 Å². The summed E-state index contributed by atoms with van der Waals surface area (Å²) in [6.07, 6.45) is 4.19. The lowest BCUT2D eigenvalue weighted by Gasteiger charge is -2.33. The molecule has 0 saturated carbocycles. The topological polar surface area (TPSA) is 148 Å². The van der Waals surface area contributed by atoms with Crippen LogP contribution in [-0.4, -0.2) is 45.5 Å². The van der Waals surface area contributed by atoms with Crippen molar-refractivity contribution in [1.82, 2.24) is 9.97 Å². The predicted octanol–water partition coefficient (Wildman–Crippen LogP) is 4.48. The monoisotopic (exact) mass is 502 g/mol. The first kappa shape index (κ1) is 26.2. The molecule has 1 aromatic carbocycles. The van der Waals surface area contributed by atoms with Crippen LogP contribution in [-0.2, 0) is 11.4 Å². The van der Waals surface area contributed by atoms with Gasteiger partial charge in [0.15, 0.2) is 0 Å². The number of aliphatic carboxylic acids is 1. The van der Waals surface area contributed by atoms with E-state index in [0.29, 0.717) is 48.7 Å². The largest absolute Gasteiger partial charge is 0.481 e. The maximum atomic E-state index is 11.5. The molecule has 6 N–H and O–H groups in total. The van der Waals surface area contributed by atoms with Crippen LogP contribution in [0, 0.1) is 11.3 Å². The zero-order valence-electron chi connectivity index (χ0n) is 21.0. The first-order chi connectivity index (χ1) is 17.9. The van der Waals surface area contributed by atoms with Crippen LogP contribution in [0.1, 0.15) is 55.6 Å². The fraction of sp³-hybridized carbons (Fsp3) is 0.357. The zero-order chi connectivity index (χ0) is 26.4. The van der Waals surface area contributed by atoms with Crippen molar-refractivity contribution in [2.45, 2.75) is 45.3 Å². The molecule has 0 aliphatic carbocycles. The highest BCUT2D eigenvalue weighted by molar-refractivity contribution is 5.97. The number of anilines is 3. The minimum absolute atomic E-state index is 0.150. The number of aliphatic hydroxyl groups excluding tert-OH is 1. The Bertz CT molecular complexity index is 1260. The number of pyridine rings is 2. The van der Waals surface area contributed by atoms with Crippen LogP contribution >= 0.6 is 0 Å². The van der Waals surface area contributed by atoms with E-state index in [1.54, 1.807) is 12.1 Å². The van der Waals surface area contributed by atoms with E-state index >= 15 is 0 Å². The summed E-state index contributed by atoms with van der Waals surface area (Å²) >= 11 is 0. The van der Waals surface area contributed by atoms with E-state index in [1.807, 2.05) is 36.4 Å². The Hall–Kier alpha value is -3.82. The minimum Gasteiger partial charge on any atom is -0.481 e. The van der Waals surface area contributed by atoms with Gasteiger partial charge in [-0.2, -0.15) is 0 Å². The lowest BCUT2D eigenvalue weighted by Crippen LogP contribution is -2.36. The Balaban J connectivity index is 1.79. The molecule has 1 saturated heterocycles. The molecule has 0 amide bonds. The molecule has 3 heterocycles. The molecule has 0 unspecified atom stereocenters. The van der Waals surface area contributed by atoms with Gasteiger partial charge in [0.2, 0.25) is 0 Å². The molecule has 0 radical (unpaired) electrons. The van der Waals surface area contributed by atoms with Gasteiger partial charge in [-0.3, -0.25) is 9.78 Å². The van der Waals surface area contributed by atoms with Crippen molar-refractivity contribution >= 4 is 29.4 Å². The van der Waals surface area contributed by atoms with Gasteiger partial charge in [0.05, 0.1) is 35.3 Å². The minimum atomic E-state index is -0.762. The van der Waals surface area contributed by atoms with E-state index in [9.17, 15) is 15.0 Å². The third-order valence-electron chi connectivity index (χ3n) is 6.76. The predicted molar refractivity (Wildman–Crippen MR) is 145 cm³/mol. The molecule has 4 rings (SSSR count). The number of aliphatic hydroxyl groups is 1. The Morgan fingerprint density at radius 1 is 1.22 bits per heavy atom. The molecule has 9 heteroatoms. The summed E-state index contributed by atoms with van der Waals surface area (Å²) in [5, 5.41) is 30.5. The lowest BCUT2D eigenvalue weighted by molar-refractivity contribution is -0.142. The highest BCUT2D eigenvalue weighted by atomic mass is 16.4. The number of carboxylic acid groups (broad SMARTS) is 1. The van der Waals surface area contributed by atoms with Gasteiger partial charge in [0.25, 0.3) is 0 Å². The fourth-order valence-electron chi connectivity index (χ4n) is 4.72. The summed E-state index contributed by atoms with van der Waals surface area (Å²) in [6.45, 7) is 3.07. The van der Waals surface area contributed by atoms with Gasteiger partial charge in [-0.15, -0.1) is 0 Å². The van der Waals surface area contributed by atoms with E-state index < -0.39 is 5.97 Å². The van der Waals surface area contributed by atoms with Crippen LogP contribution in [0.15, 0.2) is 48.5 Å². The molecule has 9 nitrogen and oxygen atoms in total. The summed E-state index contributed by atoms with van der Waals surface area (Å²) in [6, 6.07) is 15.0. The van der Waals surface area contributed by atoms with Crippen LogP contribution in [0.3, 0.4) is 0 Å². The number of carboxylic acids is 1. The maximum absolute atomic E-state index is 11.5. The van der Waals surface area contributed by atoms with Crippen molar-refractivity contribution in [3.05, 3.63) is 65.5 Å². The third kappa shape index (κ3) is 6.12. The second-order valence-corrected chi connectivity index (χ2v) is 9.34. The highest BCUT2D eigenvalue weighted by Gasteiger charge is 2.27. The van der Waals surface area contributed by atoms with Gasteiger partial charge >= 0.3 is 5.97 Å². The molecule has 1 fully saturated rings. The average molecular weight is 503 g/mol. The smallest absolute Gasteiger partial charge is 0.306 e. The quantitative estimate of drug-likeness (QED) is 0.255. The molecule has 194 valence electrons. The standard InChI is InChI=1S/C28H34N6O3/c1-2-5-22(30)24-8-4-7-23(32-24)19-14-25(33-27-9-3-6-20(17-35)31-27)21(16-29)26(15-19)34-12-10-18(11-13-34)28(36)37/h3-4,6-9,14-16,18,22,29,35H,2,5,10-13,17,30H2,1H3,(H,31,33)(H,36,37)/t22-/m0/s1. The third-order valence-corrected chi connectivity index (χ3v) is 6.76. The summed E-state index contributed by atoms with van der Waals surface area (Å²) in [5.74, 6) is -0.569. The Morgan fingerprint density at radius 3 is 2.65 bits per heavy atom. The second kappa shape index (κ2) is 11.9. The second-order valence-electron chi connectivity index (χ2n) is 9.34. The molecular formula is C28H34N6O3. The Morgan fingerprint density at radius 2 is 1.97 bits per heavy atom. The number of hydrogen-bond acceptors (Lipinski definition) is 8. The van der Waals surface area contributed by atoms with Gasteiger partial charge in [0.1, 0.15) is 5.82 Å². The Labute approximate surface area is 216 Å². The van der Waals surface area contributed by atoms with E-state index in [-0.39, 0.29) is 18.6 Å². The van der Waals surface area contributed by atoms with Crippen LogP contribution < -0.4 is 16.0 Å². The van der Waals surface area contributed by atoms with Crippen molar-refractivity contribution in [2.24, 2.45) is 11.7 Å². The number of hydrogen-bond donors (Lipinski definition) is 5. The van der Waals surface area contributed by atoms with E-state index in [1.165, 1.54) is 6.21 Å². The first-order valence-electron chi connectivity index (χ1n) is 12.7. The highest BCUT2D eigenvalue weighted by Crippen LogP contribution is 2.36. The summed E-state index contributed by atoms with van der Waals surface area (Å²) in [7, 11) is 0. The molecule has 37 heavy (non-hydrogen) atoms. The number of rotatable bonds is 10. The molecule has 0 bridgehead atoms. The van der Waals surface area contributed by atoms with E-state index in [2.05, 4.69) is 22.1 Å². The van der Waals surface area contributed by atoms with Crippen molar-refractivity contribution in [3.63, 3.8) is 0 Å². The van der Waals surface area contributed by atoms with Gasteiger partial charge in [-0.25, -0.2) is 4.98 Å². The number of aromatic nitrogens is 2. The summed E-state index contributed by atoms with van der Waals surface area (Å²) < 4.78 is 0. The van der Waals surface area contributed by atoms with Gasteiger partial charge < -0.3 is 31.6 Å². The van der Waals surface area contributed by atoms with Crippen LogP contribution in [0.4, 0.5) is 17.2 Å². The van der Waals surface area contributed by atoms with Crippen molar-refractivity contribution < 1.29 is 15.0 Å². The number of nitrogens with two attached hydrogens (primary N) is 1. The molecule has 1 aliphatic rings. The van der Waals surface area contributed by atoms with Crippen LogP contribution in [0.2, 0.25) is 0 Å². The molecule has 0 spiro atoms. The number of nitrogens with one attached hydrogen (secondary N) is 2. The molecular weight excluding hydrogens is 468 g/mol. The Kier molecular flexibility index (Phi) is 8.47. The van der Waals surface area contributed by atoms with Crippen molar-refractivity contribution in [3.8, 4) is 11.3 Å². The summed E-state index contributed by atoms with van der Waals surface area (Å²) in [5.41, 5.74) is 11.5. The van der Waals surface area contributed by atoms with Gasteiger partial charge in [-0.1, -0.05) is 25.5 Å². The van der Waals surface area contributed by atoms with E-state index in [4.69, 9.17) is 16.1 Å². The molecule has 1 atom stereocenters. The number of piperidine rings is 1. The first-order valence-corrected chi connectivity index (χ1v) is 12.7. The summed E-state index contributed by atoms with van der Waals surface area (Å²) in [4.78, 5) is 22.9. The number of carbonyl (C=O) groups is 1. The SMILES string of the molecule is CCC[C@H](N)c1cccc(-c2cc(Nc3cccc(CO)n3)c(C=N)c(N3CCC(C(=O)O)CC3)c2)n1.